The van der Waals surface area contributed by atoms with Crippen molar-refractivity contribution in [2.24, 2.45) is 35.5 Å². The van der Waals surface area contributed by atoms with Gasteiger partial charge in [0.25, 0.3) is 0 Å². The first-order valence-corrected chi connectivity index (χ1v) is 7.82. The molecular weight excluding hydrogens is 266 g/mol. The molecule has 4 fully saturated rings. The summed E-state index contributed by atoms with van der Waals surface area (Å²) in [5.41, 5.74) is 0.426. The summed E-state index contributed by atoms with van der Waals surface area (Å²) in [6, 6.07) is 9.97. The molecule has 0 radical (unpaired) electrons. The molecule has 2 bridgehead atoms. The monoisotopic (exact) mass is 279 g/mol. The average molecular weight is 279 g/mol. The standard InChI is InChI=1S/C16H13N3O2/c20-15-17(6-4-2-1-3-5-6)16(21)19-14-11-8-7-9(11)13(18(15)19)10(7)12(8)14/h1-5,7-14H/t7?,8?,9-,10-,11+,12+,13?,14?. The van der Waals surface area contributed by atoms with Crippen LogP contribution >= 0.6 is 0 Å². The van der Waals surface area contributed by atoms with Gasteiger partial charge in [0.05, 0.1) is 17.8 Å². The van der Waals surface area contributed by atoms with E-state index < -0.39 is 0 Å². The van der Waals surface area contributed by atoms with Crippen molar-refractivity contribution < 1.29 is 0 Å². The smallest absolute Gasteiger partial charge is 0.245 e. The molecule has 1 aromatic carbocycles. The maximum atomic E-state index is 12.8. The third-order valence-corrected chi connectivity index (χ3v) is 7.27. The highest BCUT2D eigenvalue weighted by atomic mass is 16.2. The van der Waals surface area contributed by atoms with Crippen LogP contribution in [-0.2, 0) is 0 Å². The van der Waals surface area contributed by atoms with Gasteiger partial charge in [-0.15, -0.1) is 0 Å². The highest BCUT2D eigenvalue weighted by Gasteiger charge is 2.90. The molecule has 21 heavy (non-hydrogen) atoms. The van der Waals surface area contributed by atoms with Crippen molar-refractivity contribution in [2.75, 3.05) is 0 Å². The normalized spacial score (nSPS) is 48.4. The van der Waals surface area contributed by atoms with E-state index in [9.17, 15) is 9.59 Å². The van der Waals surface area contributed by atoms with Crippen LogP contribution in [0, 0.1) is 35.5 Å². The molecule has 4 atom stereocenters. The maximum Gasteiger partial charge on any atom is 0.352 e. The van der Waals surface area contributed by atoms with E-state index in [1.165, 1.54) is 4.57 Å². The zero-order chi connectivity index (χ0) is 13.6. The summed E-state index contributed by atoms with van der Waals surface area (Å²) in [5, 5.41) is 0. The molecular formula is C16H13N3O2. The maximum absolute atomic E-state index is 12.8. The zero-order valence-corrected chi connectivity index (χ0v) is 11.2. The minimum Gasteiger partial charge on any atom is -0.245 e. The van der Waals surface area contributed by atoms with Gasteiger partial charge < -0.3 is 0 Å². The Balaban J connectivity index is 1.57. The lowest BCUT2D eigenvalue weighted by Crippen LogP contribution is -2.91. The lowest BCUT2D eigenvalue weighted by molar-refractivity contribution is -0.450. The van der Waals surface area contributed by atoms with Crippen LogP contribution in [0.2, 0.25) is 0 Å². The second kappa shape index (κ2) is 2.56. The third kappa shape index (κ3) is 0.681. The second-order valence-corrected chi connectivity index (χ2v) is 7.37. The summed E-state index contributed by atoms with van der Waals surface area (Å²) in [6.45, 7) is 0. The molecule has 5 nitrogen and oxygen atoms in total. The molecule has 4 aliphatic carbocycles. The molecule has 0 unspecified atom stereocenters. The van der Waals surface area contributed by atoms with Gasteiger partial charge in [-0.3, -0.25) is 0 Å². The SMILES string of the molecule is O=c1n(-c2ccccc2)c(=O)n2n1C1[C@H]3C4C5[C@H]3C2[C@H]5[C@H]41. The Morgan fingerprint density at radius 2 is 1.14 bits per heavy atom. The fourth-order valence-corrected chi connectivity index (χ4v) is 6.78. The van der Waals surface area contributed by atoms with Crippen LogP contribution < -0.4 is 11.4 Å². The number of aromatic nitrogens is 3. The highest BCUT2D eigenvalue weighted by Crippen LogP contribution is 2.91. The molecule has 3 heterocycles. The fourth-order valence-electron chi connectivity index (χ4n) is 6.78. The Hall–Kier alpha value is -2.04. The molecule has 6 aliphatic rings. The van der Waals surface area contributed by atoms with Crippen LogP contribution in [0.3, 0.4) is 0 Å². The Morgan fingerprint density at radius 3 is 1.62 bits per heavy atom. The number of hydrogen-bond acceptors (Lipinski definition) is 2. The minimum absolute atomic E-state index is 0.132. The number of benzene rings is 1. The van der Waals surface area contributed by atoms with E-state index in [0.717, 1.165) is 11.8 Å². The predicted molar refractivity (Wildman–Crippen MR) is 73.3 cm³/mol. The van der Waals surface area contributed by atoms with Crippen molar-refractivity contribution in [3.05, 3.63) is 51.3 Å². The Bertz CT molecular complexity index is 875. The zero-order valence-electron chi connectivity index (χ0n) is 11.2. The number of para-hydroxylation sites is 1. The van der Waals surface area contributed by atoms with Crippen molar-refractivity contribution in [3.8, 4) is 5.69 Å². The van der Waals surface area contributed by atoms with Gasteiger partial charge in [-0.25, -0.2) is 23.5 Å². The van der Waals surface area contributed by atoms with Crippen molar-refractivity contribution in [1.29, 1.82) is 0 Å². The molecule has 104 valence electrons. The van der Waals surface area contributed by atoms with Crippen molar-refractivity contribution >= 4 is 0 Å². The summed E-state index contributed by atoms with van der Waals surface area (Å²) in [4.78, 5) is 25.7. The molecule has 5 heteroatoms. The van der Waals surface area contributed by atoms with E-state index in [1.54, 1.807) is 0 Å². The van der Waals surface area contributed by atoms with E-state index in [-0.39, 0.29) is 11.4 Å². The molecule has 0 amide bonds. The van der Waals surface area contributed by atoms with E-state index in [2.05, 4.69) is 0 Å². The second-order valence-electron chi connectivity index (χ2n) is 7.37. The van der Waals surface area contributed by atoms with Gasteiger partial charge in [-0.05, 0) is 47.6 Å². The molecule has 0 saturated heterocycles. The summed E-state index contributed by atoms with van der Waals surface area (Å²) in [6.07, 6.45) is 0. The first-order valence-electron chi connectivity index (χ1n) is 7.82. The van der Waals surface area contributed by atoms with Gasteiger partial charge in [0.15, 0.2) is 0 Å². The molecule has 2 aliphatic heterocycles. The fraction of sp³-hybridized carbons (Fsp3) is 0.500. The van der Waals surface area contributed by atoms with Crippen LogP contribution in [-0.4, -0.2) is 13.9 Å². The first kappa shape index (κ1) is 9.82. The lowest BCUT2D eigenvalue weighted by atomic mass is 9.16. The molecule has 8 rings (SSSR count). The van der Waals surface area contributed by atoms with Gasteiger partial charge in [0, 0.05) is 0 Å². The van der Waals surface area contributed by atoms with Gasteiger partial charge in [-0.1, -0.05) is 18.2 Å². The molecule has 4 saturated carbocycles. The van der Waals surface area contributed by atoms with Crippen LogP contribution in [0.4, 0.5) is 0 Å². The van der Waals surface area contributed by atoms with Gasteiger partial charge >= 0.3 is 11.4 Å². The highest BCUT2D eigenvalue weighted by molar-refractivity contribution is 5.38. The third-order valence-electron chi connectivity index (χ3n) is 7.27. The van der Waals surface area contributed by atoms with Crippen LogP contribution in [0.5, 0.6) is 0 Å². The van der Waals surface area contributed by atoms with Crippen LogP contribution in [0.1, 0.15) is 12.1 Å². The minimum atomic E-state index is -0.132. The molecule has 1 aromatic heterocycles. The molecule has 0 N–H and O–H groups in total. The topological polar surface area (TPSA) is 48.9 Å². The van der Waals surface area contributed by atoms with Crippen LogP contribution in [0.25, 0.3) is 5.69 Å². The summed E-state index contributed by atoms with van der Waals surface area (Å²) < 4.78 is 4.99. The number of rotatable bonds is 1. The van der Waals surface area contributed by atoms with Gasteiger partial charge in [0.2, 0.25) is 0 Å². The van der Waals surface area contributed by atoms with Gasteiger partial charge in [-0.2, -0.15) is 0 Å². The van der Waals surface area contributed by atoms with Crippen molar-refractivity contribution in [1.82, 2.24) is 13.9 Å². The Labute approximate surface area is 119 Å². The average Bonchev–Trinajstić information content (AvgIpc) is 2.71. The summed E-state index contributed by atoms with van der Waals surface area (Å²) in [5.74, 6) is 4.63. The van der Waals surface area contributed by atoms with E-state index >= 15 is 0 Å². The number of nitrogens with zero attached hydrogens (tertiary/aromatic N) is 3. The van der Waals surface area contributed by atoms with Crippen molar-refractivity contribution in [2.45, 2.75) is 12.1 Å². The quantitative estimate of drug-likeness (QED) is 0.769. The van der Waals surface area contributed by atoms with Crippen LogP contribution in [0.15, 0.2) is 39.9 Å². The predicted octanol–water partition coefficient (Wildman–Crippen LogP) is 0.648. The van der Waals surface area contributed by atoms with E-state index in [0.29, 0.717) is 41.4 Å². The number of hydrogen-bond donors (Lipinski definition) is 0. The van der Waals surface area contributed by atoms with E-state index in [1.807, 2.05) is 39.7 Å². The lowest BCUT2D eigenvalue weighted by Gasteiger charge is -2.91. The summed E-state index contributed by atoms with van der Waals surface area (Å²) in [7, 11) is 0. The Kier molecular flexibility index (Phi) is 1.19. The summed E-state index contributed by atoms with van der Waals surface area (Å²) >= 11 is 0. The largest absolute Gasteiger partial charge is 0.352 e. The molecule has 2 aromatic rings. The Morgan fingerprint density at radius 1 is 0.667 bits per heavy atom. The van der Waals surface area contributed by atoms with Crippen molar-refractivity contribution in [3.63, 3.8) is 0 Å². The first-order chi connectivity index (χ1) is 10.3. The van der Waals surface area contributed by atoms with Gasteiger partial charge in [0.1, 0.15) is 0 Å². The molecule has 0 spiro atoms. The van der Waals surface area contributed by atoms with E-state index in [4.69, 9.17) is 0 Å².